The predicted octanol–water partition coefficient (Wildman–Crippen LogP) is 4.31. The first-order chi connectivity index (χ1) is 13.1. The summed E-state index contributed by atoms with van der Waals surface area (Å²) in [5.41, 5.74) is 1.80. The van der Waals surface area contributed by atoms with E-state index in [0.717, 1.165) is 15.5 Å². The number of amides is 2. The van der Waals surface area contributed by atoms with E-state index in [1.54, 1.807) is 11.9 Å². The summed E-state index contributed by atoms with van der Waals surface area (Å²) >= 11 is 1.40. The fraction of sp³-hybridized carbons (Fsp3) is 0.0476. The Morgan fingerprint density at radius 1 is 0.889 bits per heavy atom. The van der Waals surface area contributed by atoms with Gasteiger partial charge in [-0.2, -0.15) is 0 Å². The number of nitrogens with zero attached hydrogens (tertiary/aromatic N) is 2. The van der Waals surface area contributed by atoms with Crippen LogP contribution in [0.4, 0.5) is 15.8 Å². The van der Waals surface area contributed by atoms with Crippen molar-refractivity contribution in [2.45, 2.75) is 0 Å². The van der Waals surface area contributed by atoms with E-state index in [1.807, 2.05) is 47.8 Å². The number of thiophene rings is 1. The van der Waals surface area contributed by atoms with E-state index in [2.05, 4.69) is 0 Å². The summed E-state index contributed by atoms with van der Waals surface area (Å²) in [6.07, 6.45) is 0. The molecule has 0 spiro atoms. The first-order valence-electron chi connectivity index (χ1n) is 8.29. The van der Waals surface area contributed by atoms with Crippen LogP contribution in [0.15, 0.2) is 77.8 Å². The summed E-state index contributed by atoms with van der Waals surface area (Å²) in [6, 6.07) is 18.4. The van der Waals surface area contributed by atoms with Crippen molar-refractivity contribution in [2.24, 2.45) is 0 Å². The summed E-state index contributed by atoms with van der Waals surface area (Å²) in [6.45, 7) is 0. The Morgan fingerprint density at radius 3 is 2.22 bits per heavy atom. The van der Waals surface area contributed by atoms with E-state index in [0.29, 0.717) is 17.0 Å². The number of halogens is 1. The van der Waals surface area contributed by atoms with Gasteiger partial charge in [-0.3, -0.25) is 9.59 Å². The molecule has 0 aliphatic carbocycles. The molecular formula is C21H15FN2O2S. The molecular weight excluding hydrogens is 363 g/mol. The highest BCUT2D eigenvalue weighted by Gasteiger charge is 2.42. The van der Waals surface area contributed by atoms with Crippen molar-refractivity contribution < 1.29 is 14.0 Å². The normalized spacial score (nSPS) is 14.2. The fourth-order valence-electron chi connectivity index (χ4n) is 3.08. The van der Waals surface area contributed by atoms with Gasteiger partial charge in [-0.1, -0.05) is 24.3 Å². The molecule has 3 aromatic rings. The SMILES string of the molecule is CN(C1=C(c2cccs2)C(=O)N(c2ccc(F)cc2)C1=O)c1ccccc1. The van der Waals surface area contributed by atoms with Gasteiger partial charge in [0.2, 0.25) is 0 Å². The molecule has 4 nitrogen and oxygen atoms in total. The smallest absolute Gasteiger partial charge is 0.282 e. The van der Waals surface area contributed by atoms with Crippen LogP contribution in [0.5, 0.6) is 0 Å². The first kappa shape index (κ1) is 17.2. The largest absolute Gasteiger partial charge is 0.339 e. The standard InChI is InChI=1S/C21H15FN2O2S/c1-23(15-6-3-2-4-7-15)19-18(17-8-5-13-27-17)20(25)24(21(19)26)16-11-9-14(22)10-12-16/h2-13H,1H3. The molecule has 1 aromatic heterocycles. The molecule has 0 atom stereocenters. The number of hydrogen-bond acceptors (Lipinski definition) is 4. The molecule has 0 unspecified atom stereocenters. The number of carbonyl (C=O) groups excluding carboxylic acids is 2. The van der Waals surface area contributed by atoms with Gasteiger partial charge in [0.25, 0.3) is 11.8 Å². The number of anilines is 2. The lowest BCUT2D eigenvalue weighted by Crippen LogP contribution is -2.34. The molecule has 2 aromatic carbocycles. The predicted molar refractivity (Wildman–Crippen MR) is 105 cm³/mol. The van der Waals surface area contributed by atoms with Crippen molar-refractivity contribution in [3.63, 3.8) is 0 Å². The van der Waals surface area contributed by atoms with E-state index in [-0.39, 0.29) is 0 Å². The maximum atomic E-state index is 13.3. The van der Waals surface area contributed by atoms with Crippen molar-refractivity contribution in [2.75, 3.05) is 16.8 Å². The van der Waals surface area contributed by atoms with Crippen LogP contribution >= 0.6 is 11.3 Å². The van der Waals surface area contributed by atoms with Crippen LogP contribution in [0, 0.1) is 5.82 Å². The zero-order valence-corrected chi connectivity index (χ0v) is 15.2. The van der Waals surface area contributed by atoms with Crippen LogP contribution in [0.25, 0.3) is 5.57 Å². The molecule has 1 aliphatic rings. The average molecular weight is 378 g/mol. The van der Waals surface area contributed by atoms with Crippen LogP contribution in [0.3, 0.4) is 0 Å². The third-order valence-corrected chi connectivity index (χ3v) is 5.28. The number of carbonyl (C=O) groups is 2. The Hall–Kier alpha value is -3.25. The minimum Gasteiger partial charge on any atom is -0.339 e. The number of benzene rings is 2. The number of hydrogen-bond donors (Lipinski definition) is 0. The zero-order chi connectivity index (χ0) is 19.0. The average Bonchev–Trinajstić information content (AvgIpc) is 3.29. The molecule has 0 saturated carbocycles. The molecule has 0 saturated heterocycles. The highest BCUT2D eigenvalue weighted by Crippen LogP contribution is 2.37. The lowest BCUT2D eigenvalue weighted by atomic mass is 10.1. The quantitative estimate of drug-likeness (QED) is 0.635. The summed E-state index contributed by atoms with van der Waals surface area (Å²) < 4.78 is 13.3. The first-order valence-corrected chi connectivity index (χ1v) is 9.17. The Balaban J connectivity index is 1.85. The van der Waals surface area contributed by atoms with Crippen LogP contribution in [0.1, 0.15) is 4.88 Å². The van der Waals surface area contributed by atoms with Crippen molar-refractivity contribution in [1.82, 2.24) is 0 Å². The lowest BCUT2D eigenvalue weighted by Gasteiger charge is -2.21. The summed E-state index contributed by atoms with van der Waals surface area (Å²) in [5, 5.41) is 1.86. The van der Waals surface area contributed by atoms with Gasteiger partial charge in [0.15, 0.2) is 0 Å². The maximum absolute atomic E-state index is 13.3. The Labute approximate surface area is 159 Å². The molecule has 0 bridgehead atoms. The monoisotopic (exact) mass is 378 g/mol. The van der Waals surface area contributed by atoms with Crippen molar-refractivity contribution in [1.29, 1.82) is 0 Å². The minimum absolute atomic E-state index is 0.304. The third-order valence-electron chi connectivity index (χ3n) is 4.39. The van der Waals surface area contributed by atoms with E-state index in [1.165, 1.54) is 35.6 Å². The minimum atomic E-state index is -0.429. The highest BCUT2D eigenvalue weighted by molar-refractivity contribution is 7.11. The van der Waals surface area contributed by atoms with Gasteiger partial charge in [0.05, 0.1) is 11.3 Å². The second-order valence-electron chi connectivity index (χ2n) is 6.02. The zero-order valence-electron chi connectivity index (χ0n) is 14.4. The second kappa shape index (κ2) is 6.81. The van der Waals surface area contributed by atoms with Crippen LogP contribution in [0.2, 0.25) is 0 Å². The van der Waals surface area contributed by atoms with E-state index in [4.69, 9.17) is 0 Å². The van der Waals surface area contributed by atoms with Crippen LogP contribution in [-0.4, -0.2) is 18.9 Å². The summed E-state index contributed by atoms with van der Waals surface area (Å²) in [5.74, 6) is -1.26. The number of rotatable bonds is 4. The van der Waals surface area contributed by atoms with Gasteiger partial charge >= 0.3 is 0 Å². The Kier molecular flexibility index (Phi) is 4.33. The van der Waals surface area contributed by atoms with Gasteiger partial charge in [-0.15, -0.1) is 11.3 Å². The molecule has 0 radical (unpaired) electrons. The van der Waals surface area contributed by atoms with Crippen LogP contribution < -0.4 is 9.80 Å². The third kappa shape index (κ3) is 2.94. The van der Waals surface area contributed by atoms with E-state index in [9.17, 15) is 14.0 Å². The van der Waals surface area contributed by atoms with Crippen LogP contribution in [-0.2, 0) is 9.59 Å². The second-order valence-corrected chi connectivity index (χ2v) is 6.97. The number of likely N-dealkylation sites (N-methyl/N-ethyl adjacent to an activating group) is 1. The van der Waals surface area contributed by atoms with Crippen molar-refractivity contribution >= 4 is 40.1 Å². The molecule has 0 N–H and O–H groups in total. The van der Waals surface area contributed by atoms with Crippen molar-refractivity contribution in [3.05, 3.63) is 88.5 Å². The van der Waals surface area contributed by atoms with E-state index >= 15 is 0 Å². The van der Waals surface area contributed by atoms with Gasteiger partial charge in [-0.05, 0) is 47.8 Å². The van der Waals surface area contributed by atoms with Crippen molar-refractivity contribution in [3.8, 4) is 0 Å². The molecule has 4 rings (SSSR count). The highest BCUT2D eigenvalue weighted by atomic mass is 32.1. The summed E-state index contributed by atoms with van der Waals surface area (Å²) in [7, 11) is 1.76. The molecule has 134 valence electrons. The topological polar surface area (TPSA) is 40.6 Å². The fourth-order valence-corrected chi connectivity index (χ4v) is 3.84. The van der Waals surface area contributed by atoms with E-state index < -0.39 is 17.6 Å². The number of para-hydroxylation sites is 1. The Bertz CT molecular complexity index is 1030. The molecule has 2 heterocycles. The summed E-state index contributed by atoms with van der Waals surface area (Å²) in [4.78, 5) is 30.0. The Morgan fingerprint density at radius 2 is 1.59 bits per heavy atom. The molecule has 1 aliphatic heterocycles. The molecule has 27 heavy (non-hydrogen) atoms. The van der Waals surface area contributed by atoms with Gasteiger partial charge in [-0.25, -0.2) is 9.29 Å². The van der Waals surface area contributed by atoms with Gasteiger partial charge in [0, 0.05) is 17.6 Å². The molecule has 6 heteroatoms. The lowest BCUT2D eigenvalue weighted by molar-refractivity contribution is -0.120. The molecule has 0 fully saturated rings. The van der Waals surface area contributed by atoms with Gasteiger partial charge in [0.1, 0.15) is 11.5 Å². The maximum Gasteiger partial charge on any atom is 0.282 e. The van der Waals surface area contributed by atoms with Gasteiger partial charge < -0.3 is 4.90 Å². The molecule has 2 amide bonds. The number of imide groups is 1.